The summed E-state index contributed by atoms with van der Waals surface area (Å²) in [5.74, 6) is -1.27. The average molecular weight is 301 g/mol. The fraction of sp³-hybridized carbons (Fsp3) is 0.667. The summed E-state index contributed by atoms with van der Waals surface area (Å²) in [5, 5.41) is -0.342. The SMILES string of the molecule is C=CC(=O)OCC(=O)OC1C2CC3C1NS(=O)(=O)C3C2. The summed E-state index contributed by atoms with van der Waals surface area (Å²) < 4.78 is 36.1. The zero-order valence-electron chi connectivity index (χ0n) is 10.7. The molecule has 0 radical (unpaired) electrons. The third-order valence-electron chi connectivity index (χ3n) is 4.33. The smallest absolute Gasteiger partial charge is 0.344 e. The molecule has 1 heterocycles. The molecule has 3 rings (SSSR count). The first kappa shape index (κ1) is 13.6. The lowest BCUT2D eigenvalue weighted by Crippen LogP contribution is -2.42. The minimum absolute atomic E-state index is 0.0264. The van der Waals surface area contributed by atoms with Crippen molar-refractivity contribution in [3.05, 3.63) is 12.7 Å². The standard InChI is InChI=1S/C12H15NO6S/c1-2-9(14)18-5-10(15)19-12-6-3-7-8(4-6)20(16,17)13-11(7)12/h2,6-8,11-13H,1,3-5H2. The fourth-order valence-corrected chi connectivity index (χ4v) is 5.69. The summed E-state index contributed by atoms with van der Waals surface area (Å²) in [6, 6.07) is -0.331. The molecule has 5 atom stereocenters. The van der Waals surface area contributed by atoms with E-state index in [4.69, 9.17) is 4.74 Å². The van der Waals surface area contributed by atoms with Gasteiger partial charge in [-0.25, -0.2) is 22.7 Å². The first-order valence-electron chi connectivity index (χ1n) is 6.42. The van der Waals surface area contributed by atoms with Gasteiger partial charge in [-0.05, 0) is 24.7 Å². The van der Waals surface area contributed by atoms with Crippen molar-refractivity contribution >= 4 is 22.0 Å². The zero-order valence-corrected chi connectivity index (χ0v) is 11.5. The van der Waals surface area contributed by atoms with Crippen LogP contribution in [0.3, 0.4) is 0 Å². The number of carbonyl (C=O) groups excluding carboxylic acids is 2. The van der Waals surface area contributed by atoms with Crippen LogP contribution in [0.15, 0.2) is 12.7 Å². The minimum Gasteiger partial charge on any atom is -0.458 e. The summed E-state index contributed by atoms with van der Waals surface area (Å²) >= 11 is 0. The van der Waals surface area contributed by atoms with Gasteiger partial charge in [0, 0.05) is 6.08 Å². The van der Waals surface area contributed by atoms with Crippen molar-refractivity contribution in [2.24, 2.45) is 11.8 Å². The predicted molar refractivity (Wildman–Crippen MR) is 66.9 cm³/mol. The van der Waals surface area contributed by atoms with Crippen LogP contribution in [0.1, 0.15) is 12.8 Å². The van der Waals surface area contributed by atoms with Crippen LogP contribution in [-0.4, -0.2) is 44.4 Å². The van der Waals surface area contributed by atoms with Crippen molar-refractivity contribution in [3.63, 3.8) is 0 Å². The quantitative estimate of drug-likeness (QED) is 0.546. The molecule has 0 aromatic carbocycles. The molecule has 2 saturated carbocycles. The molecule has 3 aliphatic rings. The van der Waals surface area contributed by atoms with Gasteiger partial charge in [-0.3, -0.25) is 0 Å². The summed E-state index contributed by atoms with van der Waals surface area (Å²) in [4.78, 5) is 22.5. The Kier molecular flexibility index (Phi) is 3.09. The maximum absolute atomic E-state index is 11.8. The molecule has 1 N–H and O–H groups in total. The van der Waals surface area contributed by atoms with E-state index in [9.17, 15) is 18.0 Å². The van der Waals surface area contributed by atoms with Crippen molar-refractivity contribution < 1.29 is 27.5 Å². The molecule has 2 bridgehead atoms. The van der Waals surface area contributed by atoms with Gasteiger partial charge in [0.1, 0.15) is 6.10 Å². The second kappa shape index (κ2) is 4.56. The number of hydrogen-bond acceptors (Lipinski definition) is 6. The Hall–Kier alpha value is -1.41. The Balaban J connectivity index is 1.62. The first-order chi connectivity index (χ1) is 9.42. The third-order valence-corrected chi connectivity index (χ3v) is 6.27. The zero-order chi connectivity index (χ0) is 14.5. The van der Waals surface area contributed by atoms with Gasteiger partial charge in [0.2, 0.25) is 10.0 Å². The molecule has 20 heavy (non-hydrogen) atoms. The summed E-state index contributed by atoms with van der Waals surface area (Å²) in [7, 11) is -3.27. The van der Waals surface area contributed by atoms with E-state index in [1.807, 2.05) is 0 Å². The van der Waals surface area contributed by atoms with E-state index in [0.29, 0.717) is 6.42 Å². The Morgan fingerprint density at radius 1 is 1.35 bits per heavy atom. The molecule has 2 aliphatic carbocycles. The van der Waals surface area contributed by atoms with Crippen LogP contribution in [0.5, 0.6) is 0 Å². The van der Waals surface area contributed by atoms with Crippen LogP contribution in [0.4, 0.5) is 0 Å². The summed E-state index contributed by atoms with van der Waals surface area (Å²) in [5.41, 5.74) is 0. The van der Waals surface area contributed by atoms with E-state index in [2.05, 4.69) is 16.0 Å². The number of sulfonamides is 1. The molecule has 7 nitrogen and oxygen atoms in total. The predicted octanol–water partition coefficient (Wildman–Crippen LogP) is -0.663. The molecule has 0 amide bonds. The summed E-state index contributed by atoms with van der Waals surface area (Å²) in [6.07, 6.45) is 1.79. The molecule has 1 aliphatic heterocycles. The molecular weight excluding hydrogens is 286 g/mol. The highest BCUT2D eigenvalue weighted by Crippen LogP contribution is 2.52. The lowest BCUT2D eigenvalue weighted by molar-refractivity contribution is -0.162. The maximum Gasteiger partial charge on any atom is 0.344 e. The van der Waals surface area contributed by atoms with Gasteiger partial charge in [-0.2, -0.15) is 0 Å². The molecule has 0 spiro atoms. The van der Waals surface area contributed by atoms with E-state index >= 15 is 0 Å². The number of fused-ring (bicyclic) bond motifs is 1. The van der Waals surface area contributed by atoms with Crippen LogP contribution < -0.4 is 4.72 Å². The third kappa shape index (κ3) is 2.03. The van der Waals surface area contributed by atoms with Crippen LogP contribution in [0.2, 0.25) is 0 Å². The number of ether oxygens (including phenoxy) is 2. The molecule has 1 saturated heterocycles. The lowest BCUT2D eigenvalue weighted by atomic mass is 9.93. The number of esters is 2. The average Bonchev–Trinajstić information content (AvgIpc) is 3.00. The highest BCUT2D eigenvalue weighted by atomic mass is 32.2. The van der Waals surface area contributed by atoms with E-state index in [-0.39, 0.29) is 23.1 Å². The monoisotopic (exact) mass is 301 g/mol. The Morgan fingerprint density at radius 3 is 2.80 bits per heavy atom. The molecular formula is C12H15NO6S. The normalized spacial score (nSPS) is 39.5. The Bertz CT molecular complexity index is 570. The summed E-state index contributed by atoms with van der Waals surface area (Å²) in [6.45, 7) is 2.73. The minimum atomic E-state index is -3.27. The van der Waals surface area contributed by atoms with E-state index < -0.39 is 34.7 Å². The van der Waals surface area contributed by atoms with Gasteiger partial charge in [0.05, 0.1) is 11.3 Å². The van der Waals surface area contributed by atoms with Crippen molar-refractivity contribution in [2.75, 3.05) is 6.61 Å². The van der Waals surface area contributed by atoms with E-state index in [1.54, 1.807) is 0 Å². The molecule has 110 valence electrons. The molecule has 5 unspecified atom stereocenters. The van der Waals surface area contributed by atoms with Gasteiger partial charge in [-0.15, -0.1) is 0 Å². The number of carbonyl (C=O) groups is 2. The van der Waals surface area contributed by atoms with Crippen LogP contribution in [0, 0.1) is 11.8 Å². The molecule has 8 heteroatoms. The van der Waals surface area contributed by atoms with Gasteiger partial charge in [-0.1, -0.05) is 6.58 Å². The van der Waals surface area contributed by atoms with Crippen molar-refractivity contribution in [3.8, 4) is 0 Å². The number of rotatable bonds is 4. The van der Waals surface area contributed by atoms with Gasteiger partial charge < -0.3 is 9.47 Å². The van der Waals surface area contributed by atoms with Gasteiger partial charge in [0.15, 0.2) is 6.61 Å². The molecule has 3 fully saturated rings. The second-order valence-corrected chi connectivity index (χ2v) is 7.32. The van der Waals surface area contributed by atoms with Gasteiger partial charge in [0.25, 0.3) is 0 Å². The highest BCUT2D eigenvalue weighted by Gasteiger charge is 2.63. The van der Waals surface area contributed by atoms with Gasteiger partial charge >= 0.3 is 11.9 Å². The molecule has 0 aromatic rings. The van der Waals surface area contributed by atoms with E-state index in [0.717, 1.165) is 12.5 Å². The van der Waals surface area contributed by atoms with E-state index in [1.165, 1.54) is 0 Å². The van der Waals surface area contributed by atoms with Crippen LogP contribution >= 0.6 is 0 Å². The molecule has 0 aromatic heterocycles. The maximum atomic E-state index is 11.8. The second-order valence-electron chi connectivity index (χ2n) is 5.39. The Labute approximate surface area is 116 Å². The van der Waals surface area contributed by atoms with Crippen molar-refractivity contribution in [1.82, 2.24) is 4.72 Å². The largest absolute Gasteiger partial charge is 0.458 e. The fourth-order valence-electron chi connectivity index (χ4n) is 3.59. The van der Waals surface area contributed by atoms with Crippen LogP contribution in [-0.2, 0) is 29.1 Å². The van der Waals surface area contributed by atoms with Crippen molar-refractivity contribution in [2.45, 2.75) is 30.2 Å². The Morgan fingerprint density at radius 2 is 2.10 bits per heavy atom. The number of hydrogen-bond donors (Lipinski definition) is 1. The number of nitrogens with one attached hydrogen (secondary N) is 1. The van der Waals surface area contributed by atoms with Crippen LogP contribution in [0.25, 0.3) is 0 Å². The lowest BCUT2D eigenvalue weighted by Gasteiger charge is -2.25. The van der Waals surface area contributed by atoms with Crippen molar-refractivity contribution in [1.29, 1.82) is 0 Å². The first-order valence-corrected chi connectivity index (χ1v) is 7.97. The topological polar surface area (TPSA) is 98.8 Å². The highest BCUT2D eigenvalue weighted by molar-refractivity contribution is 7.90.